The van der Waals surface area contributed by atoms with E-state index in [9.17, 15) is 9.59 Å². The summed E-state index contributed by atoms with van der Waals surface area (Å²) in [5.41, 5.74) is 4.82. The Morgan fingerprint density at radius 1 is 1.24 bits per heavy atom. The fourth-order valence-electron chi connectivity index (χ4n) is 1.54. The SMILES string of the molecule is C#CC#CC#CC#CC.Cc1c[nH]c(=O)c(NC(=O)OC(C)(C)C)n1.Nc1nc(Br)cnc1Cl. The Bertz CT molecular complexity index is 1280. The Labute approximate surface area is 211 Å². The van der Waals surface area contributed by atoms with E-state index >= 15 is 0 Å². The molecule has 0 fully saturated rings. The van der Waals surface area contributed by atoms with Crippen LogP contribution in [0.2, 0.25) is 5.15 Å². The van der Waals surface area contributed by atoms with Gasteiger partial charge in [0, 0.05) is 6.20 Å². The Balaban J connectivity index is 0.000000518. The smallest absolute Gasteiger partial charge is 0.413 e. The fraction of sp³-hybridized carbons (Fsp3) is 0.261. The molecule has 0 unspecified atom stereocenters. The number of anilines is 2. The lowest BCUT2D eigenvalue weighted by Gasteiger charge is -2.19. The van der Waals surface area contributed by atoms with Crippen LogP contribution in [-0.4, -0.2) is 31.6 Å². The van der Waals surface area contributed by atoms with Crippen LogP contribution < -0.4 is 16.6 Å². The molecule has 0 radical (unpaired) electrons. The van der Waals surface area contributed by atoms with E-state index in [1.807, 2.05) is 0 Å². The van der Waals surface area contributed by atoms with E-state index in [0.717, 1.165) is 0 Å². The number of nitrogens with two attached hydrogens (primary N) is 1. The number of amides is 1. The molecule has 0 aliphatic rings. The number of rotatable bonds is 1. The third-order valence-electron chi connectivity index (χ3n) is 2.70. The van der Waals surface area contributed by atoms with E-state index in [1.165, 1.54) is 12.4 Å². The number of nitrogens with zero attached hydrogens (tertiary/aromatic N) is 3. The van der Waals surface area contributed by atoms with Gasteiger partial charge < -0.3 is 15.5 Å². The second kappa shape index (κ2) is 15.8. The van der Waals surface area contributed by atoms with Crippen molar-refractivity contribution < 1.29 is 9.53 Å². The minimum Gasteiger partial charge on any atom is -0.444 e. The van der Waals surface area contributed by atoms with Crippen LogP contribution in [-0.2, 0) is 4.74 Å². The molecule has 11 heteroatoms. The topological polar surface area (TPSA) is 136 Å². The summed E-state index contributed by atoms with van der Waals surface area (Å²) in [4.78, 5) is 36.5. The molecule has 2 heterocycles. The second-order valence-electron chi connectivity index (χ2n) is 6.73. The molecule has 2 aromatic rings. The van der Waals surface area contributed by atoms with Gasteiger partial charge in [-0.2, -0.15) is 0 Å². The molecule has 176 valence electrons. The van der Waals surface area contributed by atoms with Gasteiger partial charge in [-0.15, -0.1) is 6.42 Å². The van der Waals surface area contributed by atoms with E-state index in [-0.39, 0.29) is 16.8 Å². The molecule has 2 aromatic heterocycles. The van der Waals surface area contributed by atoms with Crippen LogP contribution in [0.4, 0.5) is 16.4 Å². The number of hydrogen-bond acceptors (Lipinski definition) is 7. The highest BCUT2D eigenvalue weighted by atomic mass is 79.9. The molecular weight excluding hydrogens is 524 g/mol. The molecule has 0 saturated carbocycles. The Morgan fingerprint density at radius 2 is 1.85 bits per heavy atom. The van der Waals surface area contributed by atoms with Crippen molar-refractivity contribution in [1.29, 1.82) is 0 Å². The molecule has 1 amide bonds. The number of halogens is 2. The van der Waals surface area contributed by atoms with Gasteiger partial charge in [0.05, 0.1) is 11.9 Å². The van der Waals surface area contributed by atoms with Gasteiger partial charge in [0.2, 0.25) is 5.82 Å². The van der Waals surface area contributed by atoms with Crippen molar-refractivity contribution in [2.24, 2.45) is 0 Å². The molecule has 0 saturated heterocycles. The zero-order valence-corrected chi connectivity index (χ0v) is 21.5. The first-order valence-electron chi connectivity index (χ1n) is 9.26. The fourth-order valence-corrected chi connectivity index (χ4v) is 1.93. The first-order valence-corrected chi connectivity index (χ1v) is 10.4. The van der Waals surface area contributed by atoms with Crippen LogP contribution in [0.3, 0.4) is 0 Å². The van der Waals surface area contributed by atoms with E-state index in [1.54, 1.807) is 34.6 Å². The molecule has 0 aromatic carbocycles. The molecular formula is C23H22BrClN6O3. The number of ether oxygens (including phenoxy) is 1. The van der Waals surface area contributed by atoms with Gasteiger partial charge in [-0.3, -0.25) is 10.1 Å². The summed E-state index contributed by atoms with van der Waals surface area (Å²) < 4.78 is 5.58. The van der Waals surface area contributed by atoms with Crippen LogP contribution >= 0.6 is 27.5 Å². The van der Waals surface area contributed by atoms with Gasteiger partial charge in [0.25, 0.3) is 5.56 Å². The molecule has 2 rings (SSSR count). The van der Waals surface area contributed by atoms with Crippen LogP contribution in [0.1, 0.15) is 33.4 Å². The molecule has 0 aliphatic heterocycles. The molecule has 0 aliphatic carbocycles. The highest BCUT2D eigenvalue weighted by molar-refractivity contribution is 9.10. The van der Waals surface area contributed by atoms with E-state index in [4.69, 9.17) is 28.5 Å². The van der Waals surface area contributed by atoms with Gasteiger partial charge in [-0.05, 0) is 86.1 Å². The zero-order chi connectivity index (χ0) is 26.1. The minimum atomic E-state index is -0.698. The predicted octanol–water partition coefficient (Wildman–Crippen LogP) is 3.55. The average Bonchev–Trinajstić information content (AvgIpc) is 2.73. The van der Waals surface area contributed by atoms with Crippen LogP contribution in [0.25, 0.3) is 0 Å². The van der Waals surface area contributed by atoms with Crippen molar-refractivity contribution in [3.8, 4) is 47.9 Å². The highest BCUT2D eigenvalue weighted by Gasteiger charge is 2.17. The number of aryl methyl sites for hydroxylation is 1. The van der Waals surface area contributed by atoms with E-state index in [2.05, 4.69) is 82.6 Å². The number of terminal acetylenes is 1. The summed E-state index contributed by atoms with van der Waals surface area (Å²) in [5, 5.41) is 2.53. The minimum absolute atomic E-state index is 0.0609. The van der Waals surface area contributed by atoms with Gasteiger partial charge in [-0.1, -0.05) is 17.5 Å². The first-order chi connectivity index (χ1) is 15.9. The van der Waals surface area contributed by atoms with Crippen molar-refractivity contribution in [1.82, 2.24) is 19.9 Å². The number of nitrogens with one attached hydrogen (secondary N) is 2. The van der Waals surface area contributed by atoms with Crippen LogP contribution in [0.5, 0.6) is 0 Å². The van der Waals surface area contributed by atoms with Gasteiger partial charge >= 0.3 is 6.09 Å². The summed E-state index contributed by atoms with van der Waals surface area (Å²) in [6, 6.07) is 0. The number of carbonyl (C=O) groups excluding carboxylic acids is 1. The third kappa shape index (κ3) is 14.9. The van der Waals surface area contributed by atoms with Crippen molar-refractivity contribution in [3.05, 3.63) is 38.2 Å². The largest absolute Gasteiger partial charge is 0.444 e. The maximum Gasteiger partial charge on any atom is 0.413 e. The number of H-pyrrole nitrogens is 1. The lowest BCUT2D eigenvalue weighted by molar-refractivity contribution is 0.0635. The number of aromatic amines is 1. The van der Waals surface area contributed by atoms with Crippen molar-refractivity contribution in [3.63, 3.8) is 0 Å². The normalized spacial score (nSPS) is 8.65. The zero-order valence-electron chi connectivity index (χ0n) is 19.1. The summed E-state index contributed by atoms with van der Waals surface area (Å²) in [6.07, 6.45) is 7.06. The van der Waals surface area contributed by atoms with Gasteiger partial charge in [0.1, 0.15) is 10.2 Å². The van der Waals surface area contributed by atoms with E-state index in [0.29, 0.717) is 10.3 Å². The van der Waals surface area contributed by atoms with Crippen LogP contribution in [0, 0.1) is 54.8 Å². The second-order valence-corrected chi connectivity index (χ2v) is 7.91. The monoisotopic (exact) mass is 544 g/mol. The summed E-state index contributed by atoms with van der Waals surface area (Å²) in [7, 11) is 0. The molecule has 9 nitrogen and oxygen atoms in total. The van der Waals surface area contributed by atoms with Crippen molar-refractivity contribution in [2.75, 3.05) is 11.1 Å². The molecule has 4 N–H and O–H groups in total. The maximum absolute atomic E-state index is 11.4. The molecule has 34 heavy (non-hydrogen) atoms. The Kier molecular flexibility index (Phi) is 13.9. The summed E-state index contributed by atoms with van der Waals surface area (Å²) >= 11 is 8.55. The summed E-state index contributed by atoms with van der Waals surface area (Å²) in [6.45, 7) is 8.63. The summed E-state index contributed by atoms with van der Waals surface area (Å²) in [5.74, 6) is 17.2. The number of hydrogen-bond donors (Lipinski definition) is 3. The quantitative estimate of drug-likeness (QED) is 0.466. The number of carbonyl (C=O) groups is 1. The van der Waals surface area contributed by atoms with Gasteiger partial charge in [0.15, 0.2) is 11.0 Å². The number of aromatic nitrogens is 4. The maximum atomic E-state index is 11.4. The van der Waals surface area contributed by atoms with Crippen molar-refractivity contribution >= 4 is 45.3 Å². The number of nitrogen functional groups attached to an aromatic ring is 1. The standard InChI is InChI=1S/C10H15N3O3.C9H4.C4H3BrClN3/c1-6-5-11-8(14)7(12-6)13-9(15)16-10(2,3)4;1-3-5-7-9-8-6-4-2;5-2-1-8-3(6)4(7)9-2/h5H,1-4H3,(H,11,14)(H,12,13,15);1H,2H3;1H,(H2,7,9). The lowest BCUT2D eigenvalue weighted by Crippen LogP contribution is -2.29. The van der Waals surface area contributed by atoms with Gasteiger partial charge in [-0.25, -0.2) is 19.7 Å². The van der Waals surface area contributed by atoms with Crippen molar-refractivity contribution in [2.45, 2.75) is 40.2 Å². The highest BCUT2D eigenvalue weighted by Crippen LogP contribution is 2.14. The average molecular weight is 546 g/mol. The Morgan fingerprint density at radius 3 is 2.38 bits per heavy atom. The lowest BCUT2D eigenvalue weighted by atomic mass is 10.2. The molecule has 0 atom stereocenters. The first kappa shape index (κ1) is 30.0. The molecule has 0 bridgehead atoms. The Hall–Kier alpha value is -3.96. The third-order valence-corrected chi connectivity index (χ3v) is 3.38. The van der Waals surface area contributed by atoms with E-state index < -0.39 is 17.3 Å². The molecule has 0 spiro atoms. The van der Waals surface area contributed by atoms with Crippen LogP contribution in [0.15, 0.2) is 21.8 Å². The predicted molar refractivity (Wildman–Crippen MR) is 136 cm³/mol.